The molecule has 2 unspecified atom stereocenters. The third kappa shape index (κ3) is 2.84. The van der Waals surface area contributed by atoms with E-state index >= 15 is 0 Å². The molecular weight excluding hydrogens is 338 g/mol. The number of aliphatic hydroxyl groups is 1. The summed E-state index contributed by atoms with van der Waals surface area (Å²) in [4.78, 5) is 5.16. The van der Waals surface area contributed by atoms with Gasteiger partial charge < -0.3 is 9.63 Å². The van der Waals surface area contributed by atoms with Crippen LogP contribution in [0.4, 0.5) is 0 Å². The van der Waals surface area contributed by atoms with E-state index in [2.05, 4.69) is 39.2 Å². The summed E-state index contributed by atoms with van der Waals surface area (Å²) in [6, 6.07) is 9.47. The minimum absolute atomic E-state index is 0.0216. The first-order valence-corrected chi connectivity index (χ1v) is 10.1. The maximum atomic E-state index is 10.3. The molecule has 1 aromatic carbocycles. The van der Waals surface area contributed by atoms with E-state index in [4.69, 9.17) is 4.52 Å². The van der Waals surface area contributed by atoms with Crippen LogP contribution in [0, 0.1) is 25.2 Å². The second-order valence-corrected chi connectivity index (χ2v) is 8.95. The molecule has 2 atom stereocenters. The van der Waals surface area contributed by atoms with E-state index in [-0.39, 0.29) is 12.0 Å². The van der Waals surface area contributed by atoms with Gasteiger partial charge in [0.1, 0.15) is 5.76 Å². The third-order valence-corrected chi connectivity index (χ3v) is 7.28. The molecule has 27 heavy (non-hydrogen) atoms. The fraction of sp³-hybridized carbons (Fsp3) is 0.591. The van der Waals surface area contributed by atoms with Crippen LogP contribution in [0.5, 0.6) is 0 Å². The van der Waals surface area contributed by atoms with Gasteiger partial charge in [-0.15, -0.1) is 0 Å². The summed E-state index contributed by atoms with van der Waals surface area (Å²) in [5.41, 5.74) is 5.25. The molecule has 2 aliphatic heterocycles. The number of benzene rings is 1. The van der Waals surface area contributed by atoms with Gasteiger partial charge in [-0.2, -0.15) is 0 Å². The maximum Gasteiger partial charge on any atom is 0.138 e. The van der Waals surface area contributed by atoms with Crippen molar-refractivity contribution in [3.05, 3.63) is 52.4 Å². The first-order valence-electron chi connectivity index (χ1n) is 10.1. The first kappa shape index (κ1) is 17.4. The molecule has 2 saturated heterocycles. The van der Waals surface area contributed by atoms with Crippen molar-refractivity contribution in [2.45, 2.75) is 39.3 Å². The molecule has 3 aliphatic rings. The highest BCUT2D eigenvalue weighted by Gasteiger charge is 2.53. The van der Waals surface area contributed by atoms with Gasteiger partial charge in [-0.05, 0) is 43.7 Å². The van der Waals surface area contributed by atoms with E-state index in [0.717, 1.165) is 57.0 Å². The van der Waals surface area contributed by atoms with Crippen molar-refractivity contribution >= 4 is 0 Å². The number of nitrogens with zero attached hydrogens (tertiary/aromatic N) is 3. The van der Waals surface area contributed by atoms with Gasteiger partial charge in [0.05, 0.1) is 12.3 Å². The van der Waals surface area contributed by atoms with E-state index in [1.165, 1.54) is 16.7 Å². The Bertz CT molecular complexity index is 803. The van der Waals surface area contributed by atoms with E-state index < -0.39 is 0 Å². The molecule has 3 heterocycles. The predicted molar refractivity (Wildman–Crippen MR) is 103 cm³/mol. The summed E-state index contributed by atoms with van der Waals surface area (Å²) >= 11 is 0. The van der Waals surface area contributed by atoms with Crippen molar-refractivity contribution < 1.29 is 9.63 Å². The van der Waals surface area contributed by atoms with Gasteiger partial charge in [-0.1, -0.05) is 29.4 Å². The summed E-state index contributed by atoms with van der Waals surface area (Å²) in [7, 11) is 0. The predicted octanol–water partition coefficient (Wildman–Crippen LogP) is 2.18. The molecule has 5 nitrogen and oxygen atoms in total. The average Bonchev–Trinajstić information content (AvgIpc) is 3.38. The van der Waals surface area contributed by atoms with E-state index in [1.807, 2.05) is 13.8 Å². The van der Waals surface area contributed by atoms with Crippen LogP contribution in [-0.2, 0) is 19.4 Å². The summed E-state index contributed by atoms with van der Waals surface area (Å²) in [6.45, 7) is 9.33. The van der Waals surface area contributed by atoms with Gasteiger partial charge in [0.25, 0.3) is 0 Å². The lowest BCUT2D eigenvalue weighted by atomic mass is 9.82. The Labute approximate surface area is 160 Å². The molecule has 2 aromatic rings. The minimum atomic E-state index is 0.0216. The fourth-order valence-corrected chi connectivity index (χ4v) is 5.70. The van der Waals surface area contributed by atoms with Crippen LogP contribution in [0.1, 0.15) is 28.1 Å². The third-order valence-electron chi connectivity index (χ3n) is 7.28. The highest BCUT2D eigenvalue weighted by molar-refractivity contribution is 5.33. The minimum Gasteiger partial charge on any atom is -0.396 e. The van der Waals surface area contributed by atoms with Crippen molar-refractivity contribution in [2.24, 2.45) is 11.3 Å². The van der Waals surface area contributed by atoms with Gasteiger partial charge >= 0.3 is 0 Å². The van der Waals surface area contributed by atoms with E-state index in [1.54, 1.807) is 0 Å². The highest BCUT2D eigenvalue weighted by Crippen LogP contribution is 2.44. The molecule has 5 rings (SSSR count). The van der Waals surface area contributed by atoms with Gasteiger partial charge in [-0.25, -0.2) is 0 Å². The topological polar surface area (TPSA) is 52.7 Å². The summed E-state index contributed by atoms with van der Waals surface area (Å²) in [6.07, 6.45) is 2.32. The zero-order valence-electron chi connectivity index (χ0n) is 16.3. The molecular formula is C22H29N3O2. The summed E-state index contributed by atoms with van der Waals surface area (Å²) in [5.74, 6) is 1.47. The van der Waals surface area contributed by atoms with Crippen LogP contribution in [0.3, 0.4) is 0 Å². The van der Waals surface area contributed by atoms with Gasteiger partial charge in [0.15, 0.2) is 0 Å². The lowest BCUT2D eigenvalue weighted by Gasteiger charge is -2.30. The SMILES string of the molecule is Cc1noc(C)c1CN1CC2CN(C3Cc4ccccc4C3)CC2(CO)C1. The molecule has 1 aliphatic carbocycles. The van der Waals surface area contributed by atoms with Crippen LogP contribution >= 0.6 is 0 Å². The van der Waals surface area contributed by atoms with Crippen LogP contribution in [0.15, 0.2) is 28.8 Å². The van der Waals surface area contributed by atoms with Gasteiger partial charge in [-0.3, -0.25) is 9.80 Å². The van der Waals surface area contributed by atoms with Crippen molar-refractivity contribution in [1.29, 1.82) is 0 Å². The van der Waals surface area contributed by atoms with Crippen molar-refractivity contribution in [1.82, 2.24) is 15.0 Å². The molecule has 0 amide bonds. The van der Waals surface area contributed by atoms with E-state index in [0.29, 0.717) is 12.0 Å². The van der Waals surface area contributed by atoms with Gasteiger partial charge in [0.2, 0.25) is 0 Å². The first-order chi connectivity index (χ1) is 13.1. The lowest BCUT2D eigenvalue weighted by Crippen LogP contribution is -2.40. The van der Waals surface area contributed by atoms with E-state index in [9.17, 15) is 5.11 Å². The number of aryl methyl sites for hydroxylation is 2. The summed E-state index contributed by atoms with van der Waals surface area (Å²) in [5, 5.41) is 14.4. The lowest BCUT2D eigenvalue weighted by molar-refractivity contribution is 0.104. The molecule has 5 heteroatoms. The number of fused-ring (bicyclic) bond motifs is 2. The Balaban J connectivity index is 1.28. The molecule has 1 N–H and O–H groups in total. The Morgan fingerprint density at radius 3 is 2.48 bits per heavy atom. The number of likely N-dealkylation sites (tertiary alicyclic amines) is 2. The van der Waals surface area contributed by atoms with Crippen LogP contribution in [0.25, 0.3) is 0 Å². The standard InChI is InChI=1S/C22H29N3O2/c1-15-21(16(2)27-23-15)11-24-9-19-10-25(13-22(19,12-24)14-26)20-7-17-5-3-4-6-18(17)8-20/h3-6,19-20,26H,7-14H2,1-2H3. The Morgan fingerprint density at radius 2 is 1.89 bits per heavy atom. The molecule has 0 saturated carbocycles. The largest absolute Gasteiger partial charge is 0.396 e. The molecule has 0 spiro atoms. The average molecular weight is 367 g/mol. The smallest absolute Gasteiger partial charge is 0.138 e. The molecule has 2 fully saturated rings. The Morgan fingerprint density at radius 1 is 1.15 bits per heavy atom. The van der Waals surface area contributed by atoms with Crippen LogP contribution in [0.2, 0.25) is 0 Å². The second-order valence-electron chi connectivity index (χ2n) is 8.95. The Kier molecular flexibility index (Phi) is 4.15. The molecule has 1 aromatic heterocycles. The number of aliphatic hydroxyl groups excluding tert-OH is 1. The highest BCUT2D eigenvalue weighted by atomic mass is 16.5. The van der Waals surface area contributed by atoms with Crippen LogP contribution < -0.4 is 0 Å². The Hall–Kier alpha value is -1.69. The van der Waals surface area contributed by atoms with Crippen molar-refractivity contribution in [3.63, 3.8) is 0 Å². The molecule has 0 bridgehead atoms. The summed E-state index contributed by atoms with van der Waals surface area (Å²) < 4.78 is 5.33. The normalized spacial score (nSPS) is 28.8. The fourth-order valence-electron chi connectivity index (χ4n) is 5.70. The quantitative estimate of drug-likeness (QED) is 0.898. The van der Waals surface area contributed by atoms with Crippen molar-refractivity contribution in [2.75, 3.05) is 32.8 Å². The molecule has 0 radical (unpaired) electrons. The molecule has 144 valence electrons. The number of hydrogen-bond donors (Lipinski definition) is 1. The monoisotopic (exact) mass is 367 g/mol. The second kappa shape index (κ2) is 6.43. The zero-order chi connectivity index (χ0) is 18.6. The van der Waals surface area contributed by atoms with Crippen molar-refractivity contribution in [3.8, 4) is 0 Å². The zero-order valence-corrected chi connectivity index (χ0v) is 16.3. The number of aromatic nitrogens is 1. The van der Waals surface area contributed by atoms with Gasteiger partial charge in [0, 0.05) is 49.7 Å². The maximum absolute atomic E-state index is 10.3. The number of hydrogen-bond acceptors (Lipinski definition) is 5. The number of rotatable bonds is 4. The van der Waals surface area contributed by atoms with Crippen LogP contribution in [-0.4, -0.2) is 58.9 Å².